The van der Waals surface area contributed by atoms with Crippen LogP contribution < -0.4 is 5.73 Å². The largest absolute Gasteiger partial charge is 0.323 e. The molecule has 0 amide bonds. The number of aromatic nitrogens is 3. The number of pyridine rings is 1. The van der Waals surface area contributed by atoms with Crippen LogP contribution in [0.15, 0.2) is 49.1 Å². The second-order valence-corrected chi connectivity index (χ2v) is 4.59. The molecule has 0 radical (unpaired) electrons. The second kappa shape index (κ2) is 4.82. The summed E-state index contributed by atoms with van der Waals surface area (Å²) in [4.78, 5) is 8.68. The van der Waals surface area contributed by atoms with E-state index in [1.54, 1.807) is 6.33 Å². The van der Waals surface area contributed by atoms with Crippen LogP contribution in [-0.4, -0.2) is 14.5 Å². The average Bonchev–Trinajstić information content (AvgIpc) is 2.95. The van der Waals surface area contributed by atoms with Crippen molar-refractivity contribution >= 4 is 10.9 Å². The first-order valence-electron chi connectivity index (χ1n) is 6.42. The van der Waals surface area contributed by atoms with Crippen LogP contribution in [0.1, 0.15) is 25.1 Å². The third-order valence-electron chi connectivity index (χ3n) is 3.34. The third kappa shape index (κ3) is 2.11. The van der Waals surface area contributed by atoms with E-state index in [0.717, 1.165) is 28.7 Å². The maximum absolute atomic E-state index is 6.11. The van der Waals surface area contributed by atoms with Crippen molar-refractivity contribution in [3.63, 3.8) is 0 Å². The van der Waals surface area contributed by atoms with E-state index in [9.17, 15) is 0 Å². The molecule has 0 aliphatic heterocycles. The van der Waals surface area contributed by atoms with Crippen molar-refractivity contribution < 1.29 is 0 Å². The molecule has 4 heteroatoms. The molecule has 2 heterocycles. The van der Waals surface area contributed by atoms with Crippen LogP contribution in [0.25, 0.3) is 16.6 Å². The Morgan fingerprint density at radius 1 is 1.26 bits per heavy atom. The SMILES string of the molecule is CC[C@@H](N)c1cncn1-c1cnc2ccccc2c1. The number of fused-ring (bicyclic) bond motifs is 1. The third-order valence-corrected chi connectivity index (χ3v) is 3.34. The zero-order valence-corrected chi connectivity index (χ0v) is 10.8. The van der Waals surface area contributed by atoms with Gasteiger partial charge in [-0.2, -0.15) is 0 Å². The van der Waals surface area contributed by atoms with Gasteiger partial charge in [0.1, 0.15) is 0 Å². The molecule has 96 valence electrons. The summed E-state index contributed by atoms with van der Waals surface area (Å²) in [6.45, 7) is 2.07. The van der Waals surface area contributed by atoms with Crippen LogP contribution in [0, 0.1) is 0 Å². The molecule has 2 N–H and O–H groups in total. The van der Waals surface area contributed by atoms with Gasteiger partial charge in [-0.3, -0.25) is 4.98 Å². The summed E-state index contributed by atoms with van der Waals surface area (Å²) >= 11 is 0. The van der Waals surface area contributed by atoms with Crippen molar-refractivity contribution in [1.29, 1.82) is 0 Å². The van der Waals surface area contributed by atoms with Crippen LogP contribution in [0.4, 0.5) is 0 Å². The topological polar surface area (TPSA) is 56.7 Å². The lowest BCUT2D eigenvalue weighted by atomic mass is 10.1. The molecule has 1 atom stereocenters. The summed E-state index contributed by atoms with van der Waals surface area (Å²) in [5.74, 6) is 0. The van der Waals surface area contributed by atoms with Gasteiger partial charge >= 0.3 is 0 Å². The van der Waals surface area contributed by atoms with Gasteiger partial charge in [0.05, 0.1) is 35.6 Å². The molecule has 3 aromatic rings. The molecule has 0 saturated heterocycles. The monoisotopic (exact) mass is 252 g/mol. The van der Waals surface area contributed by atoms with Crippen LogP contribution in [0.2, 0.25) is 0 Å². The molecular weight excluding hydrogens is 236 g/mol. The van der Waals surface area contributed by atoms with Gasteiger partial charge in [0, 0.05) is 11.4 Å². The minimum atomic E-state index is -0.00558. The van der Waals surface area contributed by atoms with E-state index < -0.39 is 0 Å². The fourth-order valence-electron chi connectivity index (χ4n) is 2.20. The number of benzene rings is 1. The highest BCUT2D eigenvalue weighted by Crippen LogP contribution is 2.20. The molecule has 0 aliphatic rings. The summed E-state index contributed by atoms with van der Waals surface area (Å²) in [6, 6.07) is 10.2. The maximum atomic E-state index is 6.11. The number of hydrogen-bond acceptors (Lipinski definition) is 3. The van der Waals surface area contributed by atoms with E-state index >= 15 is 0 Å². The van der Waals surface area contributed by atoms with E-state index in [4.69, 9.17) is 5.73 Å². The lowest BCUT2D eigenvalue weighted by Crippen LogP contribution is -2.13. The fourth-order valence-corrected chi connectivity index (χ4v) is 2.20. The smallest absolute Gasteiger partial charge is 0.0995 e. The summed E-state index contributed by atoms with van der Waals surface area (Å²) in [6.07, 6.45) is 6.35. The van der Waals surface area contributed by atoms with Crippen molar-refractivity contribution in [2.45, 2.75) is 19.4 Å². The molecule has 0 bridgehead atoms. The summed E-state index contributed by atoms with van der Waals surface area (Å²) in [5, 5.41) is 1.12. The van der Waals surface area contributed by atoms with Crippen molar-refractivity contribution in [1.82, 2.24) is 14.5 Å². The Kier molecular flexibility index (Phi) is 3.01. The molecule has 19 heavy (non-hydrogen) atoms. The van der Waals surface area contributed by atoms with Crippen molar-refractivity contribution in [2.24, 2.45) is 5.73 Å². The highest BCUT2D eigenvalue weighted by atomic mass is 15.1. The highest BCUT2D eigenvalue weighted by Gasteiger charge is 2.11. The van der Waals surface area contributed by atoms with Crippen molar-refractivity contribution in [3.05, 3.63) is 54.7 Å². The minimum absolute atomic E-state index is 0.00558. The maximum Gasteiger partial charge on any atom is 0.0995 e. The normalized spacial score (nSPS) is 12.7. The number of para-hydroxylation sites is 1. The number of nitrogens with two attached hydrogens (primary N) is 1. The Labute approximate surface area is 111 Å². The molecule has 2 aromatic heterocycles. The first kappa shape index (κ1) is 11.9. The molecule has 0 saturated carbocycles. The van der Waals surface area contributed by atoms with Gasteiger partial charge in [-0.25, -0.2) is 4.98 Å². The lowest BCUT2D eigenvalue weighted by Gasteiger charge is -2.13. The van der Waals surface area contributed by atoms with Crippen LogP contribution in [0.3, 0.4) is 0 Å². The van der Waals surface area contributed by atoms with Crippen LogP contribution in [-0.2, 0) is 0 Å². The fraction of sp³-hybridized carbons (Fsp3) is 0.200. The number of imidazole rings is 1. The summed E-state index contributed by atoms with van der Waals surface area (Å²) in [7, 11) is 0. The number of hydrogen-bond donors (Lipinski definition) is 1. The molecule has 0 spiro atoms. The zero-order chi connectivity index (χ0) is 13.2. The standard InChI is InChI=1S/C15H16N4/c1-2-13(16)15-9-17-10-19(15)12-7-11-5-3-4-6-14(11)18-8-12/h3-10,13H,2,16H2,1H3/t13-/m1/s1. The summed E-state index contributed by atoms with van der Waals surface area (Å²) < 4.78 is 2.01. The van der Waals surface area contributed by atoms with Crippen molar-refractivity contribution in [2.75, 3.05) is 0 Å². The van der Waals surface area contributed by atoms with Crippen molar-refractivity contribution in [3.8, 4) is 5.69 Å². The van der Waals surface area contributed by atoms with E-state index in [0.29, 0.717) is 0 Å². The molecule has 0 aliphatic carbocycles. The van der Waals surface area contributed by atoms with Gasteiger partial charge in [0.15, 0.2) is 0 Å². The Morgan fingerprint density at radius 3 is 2.95 bits per heavy atom. The van der Waals surface area contributed by atoms with E-state index in [1.807, 2.05) is 35.2 Å². The molecule has 0 unspecified atom stereocenters. The zero-order valence-electron chi connectivity index (χ0n) is 10.8. The average molecular weight is 252 g/mol. The Morgan fingerprint density at radius 2 is 2.11 bits per heavy atom. The Bertz CT molecular complexity index is 702. The number of rotatable bonds is 3. The quantitative estimate of drug-likeness (QED) is 0.779. The van der Waals surface area contributed by atoms with Gasteiger partial charge in [-0.05, 0) is 18.6 Å². The first-order valence-corrected chi connectivity index (χ1v) is 6.42. The lowest BCUT2D eigenvalue weighted by molar-refractivity contribution is 0.659. The van der Waals surface area contributed by atoms with Gasteiger partial charge in [0.2, 0.25) is 0 Å². The molecule has 3 rings (SSSR count). The molecule has 0 fully saturated rings. The predicted octanol–water partition coefficient (Wildman–Crippen LogP) is 2.83. The minimum Gasteiger partial charge on any atom is -0.323 e. The Balaban J connectivity index is 2.12. The first-order chi connectivity index (χ1) is 9.29. The van der Waals surface area contributed by atoms with Gasteiger partial charge < -0.3 is 10.3 Å². The molecular formula is C15H16N4. The molecule has 1 aromatic carbocycles. The second-order valence-electron chi connectivity index (χ2n) is 4.59. The van der Waals surface area contributed by atoms with Crippen LogP contribution >= 0.6 is 0 Å². The summed E-state index contributed by atoms with van der Waals surface area (Å²) in [5.41, 5.74) is 9.11. The predicted molar refractivity (Wildman–Crippen MR) is 76.1 cm³/mol. The number of nitrogens with zero attached hydrogens (tertiary/aromatic N) is 3. The van der Waals surface area contributed by atoms with Gasteiger partial charge in [-0.15, -0.1) is 0 Å². The van der Waals surface area contributed by atoms with Gasteiger partial charge in [0.25, 0.3) is 0 Å². The van der Waals surface area contributed by atoms with E-state index in [2.05, 4.69) is 29.0 Å². The van der Waals surface area contributed by atoms with E-state index in [1.165, 1.54) is 0 Å². The van der Waals surface area contributed by atoms with Gasteiger partial charge in [-0.1, -0.05) is 25.1 Å². The molecule has 4 nitrogen and oxygen atoms in total. The van der Waals surface area contributed by atoms with Crippen LogP contribution in [0.5, 0.6) is 0 Å². The van der Waals surface area contributed by atoms with E-state index in [-0.39, 0.29) is 6.04 Å². The highest BCUT2D eigenvalue weighted by molar-refractivity contribution is 5.80. The Hall–Kier alpha value is -2.20.